The molecule has 0 aliphatic heterocycles. The van der Waals surface area contributed by atoms with Crippen LogP contribution in [0.2, 0.25) is 4.34 Å². The van der Waals surface area contributed by atoms with E-state index >= 15 is 0 Å². The van der Waals surface area contributed by atoms with E-state index in [0.29, 0.717) is 17.5 Å². The van der Waals surface area contributed by atoms with Gasteiger partial charge in [-0.15, -0.1) is 11.3 Å². The van der Waals surface area contributed by atoms with Crippen molar-refractivity contribution in [2.45, 2.75) is 64.5 Å². The van der Waals surface area contributed by atoms with E-state index in [2.05, 4.69) is 30.6 Å². The van der Waals surface area contributed by atoms with Gasteiger partial charge >= 0.3 is 0 Å². The maximum atomic E-state index is 6.09. The van der Waals surface area contributed by atoms with Gasteiger partial charge in [-0.3, -0.25) is 0 Å². The number of nitrogens with one attached hydrogen (secondary N) is 1. The van der Waals surface area contributed by atoms with Crippen molar-refractivity contribution in [2.24, 2.45) is 23.2 Å². The molecule has 4 aliphatic carbocycles. The van der Waals surface area contributed by atoms with Crippen LogP contribution in [0.3, 0.4) is 0 Å². The molecule has 1 heterocycles. The van der Waals surface area contributed by atoms with Gasteiger partial charge < -0.3 is 5.32 Å². The van der Waals surface area contributed by atoms with E-state index in [4.69, 9.17) is 11.6 Å². The van der Waals surface area contributed by atoms with Crippen molar-refractivity contribution in [1.82, 2.24) is 5.32 Å². The summed E-state index contributed by atoms with van der Waals surface area (Å²) in [5.41, 5.74) is 1.93. The van der Waals surface area contributed by atoms with E-state index in [1.807, 2.05) is 0 Å². The number of rotatable bonds is 4. The van der Waals surface area contributed by atoms with E-state index in [-0.39, 0.29) is 0 Å². The highest BCUT2D eigenvalue weighted by molar-refractivity contribution is 7.14. The molecular formula is C18H26ClNS. The van der Waals surface area contributed by atoms with Crippen LogP contribution in [-0.2, 0) is 0 Å². The minimum atomic E-state index is 0.414. The highest BCUT2D eigenvalue weighted by atomic mass is 35.5. The Labute approximate surface area is 137 Å². The maximum absolute atomic E-state index is 6.09. The summed E-state index contributed by atoms with van der Waals surface area (Å²) in [6.07, 6.45) is 9.02. The number of hydrogen-bond donors (Lipinski definition) is 1. The molecule has 4 fully saturated rings. The van der Waals surface area contributed by atoms with Crippen LogP contribution in [0.4, 0.5) is 0 Å². The zero-order valence-electron chi connectivity index (χ0n) is 13.1. The molecule has 3 heteroatoms. The molecule has 0 aromatic carbocycles. The molecule has 1 N–H and O–H groups in total. The van der Waals surface area contributed by atoms with Crippen molar-refractivity contribution in [2.75, 3.05) is 0 Å². The molecular weight excluding hydrogens is 298 g/mol. The van der Waals surface area contributed by atoms with Crippen LogP contribution in [0.25, 0.3) is 0 Å². The molecule has 21 heavy (non-hydrogen) atoms. The van der Waals surface area contributed by atoms with Gasteiger partial charge in [0.1, 0.15) is 0 Å². The number of hydrogen-bond acceptors (Lipinski definition) is 2. The minimum absolute atomic E-state index is 0.414. The molecule has 4 bridgehead atoms. The van der Waals surface area contributed by atoms with Crippen LogP contribution in [-0.4, -0.2) is 6.04 Å². The molecule has 1 aromatic heterocycles. The molecule has 0 saturated heterocycles. The highest BCUT2D eigenvalue weighted by Crippen LogP contribution is 2.61. The van der Waals surface area contributed by atoms with E-state index < -0.39 is 0 Å². The molecule has 4 saturated carbocycles. The summed E-state index contributed by atoms with van der Waals surface area (Å²) < 4.78 is 0.904. The lowest BCUT2D eigenvalue weighted by atomic mass is 9.48. The van der Waals surface area contributed by atoms with Crippen molar-refractivity contribution < 1.29 is 0 Å². The summed E-state index contributed by atoms with van der Waals surface area (Å²) >= 11 is 7.73. The van der Waals surface area contributed by atoms with Gasteiger partial charge in [0.25, 0.3) is 0 Å². The van der Waals surface area contributed by atoms with Gasteiger partial charge in [-0.2, -0.15) is 0 Å². The standard InChI is InChI=1S/C18H26ClNS/c1-11(16-6-17(19)21-10-16)20-12(2)18-7-13-3-14(8-18)5-15(4-13)9-18/h6,10-15,20H,3-5,7-9H2,1-2H3. The second-order valence-corrected chi connectivity index (χ2v) is 9.62. The Morgan fingerprint density at radius 3 is 2.19 bits per heavy atom. The first-order chi connectivity index (χ1) is 10.0. The van der Waals surface area contributed by atoms with Gasteiger partial charge in [0, 0.05) is 12.1 Å². The van der Waals surface area contributed by atoms with Crippen LogP contribution < -0.4 is 5.32 Å². The van der Waals surface area contributed by atoms with Gasteiger partial charge in [0.15, 0.2) is 0 Å². The lowest BCUT2D eigenvalue weighted by Crippen LogP contribution is -2.55. The summed E-state index contributed by atoms with van der Waals surface area (Å²) in [7, 11) is 0. The maximum Gasteiger partial charge on any atom is 0.0931 e. The first-order valence-corrected chi connectivity index (χ1v) is 9.80. The third-order valence-electron chi connectivity index (χ3n) is 6.59. The molecule has 5 rings (SSSR count). The van der Waals surface area contributed by atoms with Gasteiger partial charge in [-0.1, -0.05) is 11.6 Å². The SMILES string of the molecule is CC(NC(C)C12CC3CC(CC(C3)C1)C2)c1csc(Cl)c1. The zero-order chi connectivity index (χ0) is 14.6. The summed E-state index contributed by atoms with van der Waals surface area (Å²) in [5.74, 6) is 3.10. The molecule has 116 valence electrons. The highest BCUT2D eigenvalue weighted by Gasteiger charge is 2.53. The van der Waals surface area contributed by atoms with Crippen LogP contribution in [0.1, 0.15) is 64.0 Å². The Morgan fingerprint density at radius 1 is 1.14 bits per heavy atom. The molecule has 0 amide bonds. The smallest absolute Gasteiger partial charge is 0.0931 e. The fraction of sp³-hybridized carbons (Fsp3) is 0.778. The molecule has 1 aromatic rings. The summed E-state index contributed by atoms with van der Waals surface area (Å²) in [6, 6.07) is 3.16. The molecule has 4 aliphatic rings. The largest absolute Gasteiger partial charge is 0.307 e. The molecule has 2 unspecified atom stereocenters. The molecule has 2 atom stereocenters. The predicted molar refractivity (Wildman–Crippen MR) is 90.9 cm³/mol. The lowest BCUT2D eigenvalue weighted by molar-refractivity contribution is -0.0719. The van der Waals surface area contributed by atoms with Crippen molar-refractivity contribution in [3.63, 3.8) is 0 Å². The first kappa shape index (κ1) is 14.5. The third-order valence-corrected chi connectivity index (χ3v) is 7.70. The normalized spacial score (nSPS) is 40.4. The predicted octanol–water partition coefficient (Wildman–Crippen LogP) is 5.66. The molecule has 0 radical (unpaired) electrons. The summed E-state index contributed by atoms with van der Waals surface area (Å²) in [5, 5.41) is 6.12. The van der Waals surface area contributed by atoms with Crippen LogP contribution in [0.5, 0.6) is 0 Å². The minimum Gasteiger partial charge on any atom is -0.307 e. The monoisotopic (exact) mass is 323 g/mol. The number of thiophene rings is 1. The average molecular weight is 324 g/mol. The van der Waals surface area contributed by atoms with Crippen LogP contribution >= 0.6 is 22.9 Å². The Balaban J connectivity index is 1.48. The topological polar surface area (TPSA) is 12.0 Å². The fourth-order valence-corrected chi connectivity index (χ4v) is 6.89. The summed E-state index contributed by atoms with van der Waals surface area (Å²) in [4.78, 5) is 0. The fourth-order valence-electron chi connectivity index (χ4n) is 5.91. The van der Waals surface area contributed by atoms with Crippen LogP contribution in [0.15, 0.2) is 11.4 Å². The number of halogens is 1. The molecule has 0 spiro atoms. The van der Waals surface area contributed by atoms with E-state index in [1.165, 1.54) is 44.1 Å². The second kappa shape index (κ2) is 5.25. The Morgan fingerprint density at radius 2 is 1.71 bits per heavy atom. The Bertz CT molecular complexity index is 488. The van der Waals surface area contributed by atoms with Crippen molar-refractivity contribution in [1.29, 1.82) is 0 Å². The first-order valence-electron chi connectivity index (χ1n) is 8.54. The lowest BCUT2D eigenvalue weighted by Gasteiger charge is -2.59. The van der Waals surface area contributed by atoms with E-state index in [0.717, 1.165) is 22.1 Å². The zero-order valence-corrected chi connectivity index (χ0v) is 14.6. The van der Waals surface area contributed by atoms with Crippen molar-refractivity contribution >= 4 is 22.9 Å². The van der Waals surface area contributed by atoms with Gasteiger partial charge in [0.2, 0.25) is 0 Å². The Hall–Kier alpha value is -0.0500. The van der Waals surface area contributed by atoms with Gasteiger partial charge in [0.05, 0.1) is 4.34 Å². The van der Waals surface area contributed by atoms with Crippen molar-refractivity contribution in [3.05, 3.63) is 21.3 Å². The molecule has 1 nitrogen and oxygen atoms in total. The Kier molecular flexibility index (Phi) is 3.63. The van der Waals surface area contributed by atoms with Gasteiger partial charge in [-0.05, 0) is 92.6 Å². The summed E-state index contributed by atoms with van der Waals surface area (Å²) in [6.45, 7) is 4.73. The van der Waals surface area contributed by atoms with Crippen LogP contribution in [0, 0.1) is 23.2 Å². The van der Waals surface area contributed by atoms with E-state index in [1.54, 1.807) is 11.3 Å². The quantitative estimate of drug-likeness (QED) is 0.754. The van der Waals surface area contributed by atoms with Gasteiger partial charge in [-0.25, -0.2) is 0 Å². The average Bonchev–Trinajstić information content (AvgIpc) is 2.84. The van der Waals surface area contributed by atoms with E-state index in [9.17, 15) is 0 Å². The van der Waals surface area contributed by atoms with Crippen molar-refractivity contribution in [3.8, 4) is 0 Å². The third kappa shape index (κ3) is 2.58. The second-order valence-electron chi connectivity index (χ2n) is 8.07.